The van der Waals surface area contributed by atoms with Gasteiger partial charge in [-0.3, -0.25) is 14.7 Å². The van der Waals surface area contributed by atoms with Gasteiger partial charge in [-0.25, -0.2) is 0 Å². The molecule has 2 fully saturated rings. The maximum absolute atomic E-state index is 11.5. The molecule has 1 saturated carbocycles. The first-order valence-electron chi connectivity index (χ1n) is 9.09. The number of nitrogens with one attached hydrogen (secondary N) is 3. The lowest BCUT2D eigenvalue weighted by Crippen LogP contribution is -2.45. The molecular formula is C17H34IN5O. The van der Waals surface area contributed by atoms with Gasteiger partial charge in [0.25, 0.3) is 0 Å². The summed E-state index contributed by atoms with van der Waals surface area (Å²) in [5.41, 5.74) is 0. The van der Waals surface area contributed by atoms with Gasteiger partial charge in [0.2, 0.25) is 5.91 Å². The summed E-state index contributed by atoms with van der Waals surface area (Å²) in [5.74, 6) is 0.975. The van der Waals surface area contributed by atoms with Crippen LogP contribution in [0.4, 0.5) is 0 Å². The Kier molecular flexibility index (Phi) is 9.33. The SMILES string of the molecule is CCNC(=NCCNC(=O)C(C)C)NC1CC(C)N(C2CC2)C1.I. The summed E-state index contributed by atoms with van der Waals surface area (Å²) in [6.45, 7) is 11.3. The van der Waals surface area contributed by atoms with Crippen LogP contribution in [0.2, 0.25) is 0 Å². The first-order chi connectivity index (χ1) is 11.0. The minimum absolute atomic E-state index is 0. The standard InChI is InChI=1S/C17H33N5O.HI/c1-5-18-17(20-9-8-19-16(23)12(2)3)21-14-10-13(4)22(11-14)15-6-7-15;/h12-15H,5-11H2,1-4H3,(H,19,23)(H2,18,20,21);1H. The Morgan fingerprint density at radius 1 is 1.29 bits per heavy atom. The molecule has 2 unspecified atom stereocenters. The third-order valence-electron chi connectivity index (χ3n) is 4.53. The number of rotatable bonds is 7. The normalized spacial score (nSPS) is 24.6. The van der Waals surface area contributed by atoms with Gasteiger partial charge < -0.3 is 16.0 Å². The second-order valence-corrected chi connectivity index (χ2v) is 7.06. The summed E-state index contributed by atoms with van der Waals surface area (Å²) in [4.78, 5) is 18.7. The van der Waals surface area contributed by atoms with Crippen LogP contribution in [0.15, 0.2) is 4.99 Å². The van der Waals surface area contributed by atoms with E-state index in [1.807, 2.05) is 13.8 Å². The molecule has 6 nitrogen and oxygen atoms in total. The van der Waals surface area contributed by atoms with Crippen molar-refractivity contribution in [3.63, 3.8) is 0 Å². The third-order valence-corrected chi connectivity index (χ3v) is 4.53. The second kappa shape index (κ2) is 10.4. The Hall–Kier alpha value is -0.570. The highest BCUT2D eigenvalue weighted by molar-refractivity contribution is 14.0. The summed E-state index contributed by atoms with van der Waals surface area (Å²) in [7, 11) is 0. The van der Waals surface area contributed by atoms with Gasteiger partial charge in [-0.2, -0.15) is 0 Å². The molecule has 1 heterocycles. The maximum Gasteiger partial charge on any atom is 0.222 e. The minimum Gasteiger partial charge on any atom is -0.357 e. The molecule has 3 N–H and O–H groups in total. The number of carbonyl (C=O) groups is 1. The van der Waals surface area contributed by atoms with Crippen LogP contribution in [0.3, 0.4) is 0 Å². The number of nitrogens with zero attached hydrogens (tertiary/aromatic N) is 2. The van der Waals surface area contributed by atoms with Crippen LogP contribution in [0.1, 0.15) is 47.0 Å². The van der Waals surface area contributed by atoms with Gasteiger partial charge in [-0.05, 0) is 33.1 Å². The molecule has 24 heavy (non-hydrogen) atoms. The number of amides is 1. The molecular weight excluding hydrogens is 417 g/mol. The molecule has 0 aromatic heterocycles. The Balaban J connectivity index is 0.00000288. The molecule has 0 aromatic carbocycles. The first-order valence-corrected chi connectivity index (χ1v) is 9.09. The van der Waals surface area contributed by atoms with Crippen molar-refractivity contribution in [2.75, 3.05) is 26.2 Å². The number of aliphatic imine (C=N–C) groups is 1. The van der Waals surface area contributed by atoms with Crippen LogP contribution in [0.5, 0.6) is 0 Å². The minimum atomic E-state index is 0. The average molecular weight is 451 g/mol. The van der Waals surface area contributed by atoms with Gasteiger partial charge in [0.15, 0.2) is 5.96 Å². The molecule has 1 aliphatic heterocycles. The van der Waals surface area contributed by atoms with E-state index in [1.165, 1.54) is 19.3 Å². The lowest BCUT2D eigenvalue weighted by Gasteiger charge is -2.20. The van der Waals surface area contributed by atoms with Crippen LogP contribution in [-0.2, 0) is 4.79 Å². The quantitative estimate of drug-likeness (QED) is 0.238. The summed E-state index contributed by atoms with van der Waals surface area (Å²) >= 11 is 0. The number of carbonyl (C=O) groups excluding carboxylic acids is 1. The maximum atomic E-state index is 11.5. The Morgan fingerprint density at radius 2 is 2.00 bits per heavy atom. The lowest BCUT2D eigenvalue weighted by atomic mass is 10.2. The first kappa shape index (κ1) is 21.5. The van der Waals surface area contributed by atoms with Gasteiger partial charge >= 0.3 is 0 Å². The molecule has 140 valence electrons. The van der Waals surface area contributed by atoms with Crippen molar-refractivity contribution in [1.82, 2.24) is 20.9 Å². The molecule has 0 spiro atoms. The van der Waals surface area contributed by atoms with Gasteiger partial charge in [0.05, 0.1) is 6.54 Å². The largest absolute Gasteiger partial charge is 0.357 e. The summed E-state index contributed by atoms with van der Waals surface area (Å²) < 4.78 is 0. The van der Waals surface area contributed by atoms with Gasteiger partial charge in [-0.1, -0.05) is 13.8 Å². The van der Waals surface area contributed by atoms with Crippen molar-refractivity contribution in [2.24, 2.45) is 10.9 Å². The number of hydrogen-bond donors (Lipinski definition) is 3. The van der Waals surface area contributed by atoms with Crippen molar-refractivity contribution in [2.45, 2.75) is 65.1 Å². The Bertz CT molecular complexity index is 425. The van der Waals surface area contributed by atoms with Gasteiger partial charge in [0.1, 0.15) is 0 Å². The van der Waals surface area contributed by atoms with E-state index in [4.69, 9.17) is 0 Å². The highest BCUT2D eigenvalue weighted by Crippen LogP contribution is 2.33. The monoisotopic (exact) mass is 451 g/mol. The van der Waals surface area contributed by atoms with Crippen LogP contribution in [-0.4, -0.2) is 61.1 Å². The van der Waals surface area contributed by atoms with Crippen LogP contribution in [0, 0.1) is 5.92 Å². The summed E-state index contributed by atoms with van der Waals surface area (Å²) in [5, 5.41) is 9.76. The van der Waals surface area contributed by atoms with Crippen molar-refractivity contribution in [1.29, 1.82) is 0 Å². The van der Waals surface area contributed by atoms with E-state index in [9.17, 15) is 4.79 Å². The predicted octanol–water partition coefficient (Wildman–Crippen LogP) is 1.56. The Morgan fingerprint density at radius 3 is 2.58 bits per heavy atom. The van der Waals surface area contributed by atoms with E-state index in [-0.39, 0.29) is 35.8 Å². The summed E-state index contributed by atoms with van der Waals surface area (Å²) in [6.07, 6.45) is 3.90. The molecule has 0 radical (unpaired) electrons. The van der Waals surface area contributed by atoms with E-state index >= 15 is 0 Å². The molecule has 0 aromatic rings. The molecule has 2 rings (SSSR count). The predicted molar refractivity (Wildman–Crippen MR) is 110 cm³/mol. The highest BCUT2D eigenvalue weighted by atomic mass is 127. The van der Waals surface area contributed by atoms with Crippen molar-refractivity contribution in [3.05, 3.63) is 0 Å². The second-order valence-electron chi connectivity index (χ2n) is 7.06. The summed E-state index contributed by atoms with van der Waals surface area (Å²) in [6, 6.07) is 1.95. The van der Waals surface area contributed by atoms with Gasteiger partial charge in [-0.15, -0.1) is 24.0 Å². The van der Waals surface area contributed by atoms with Crippen molar-refractivity contribution < 1.29 is 4.79 Å². The number of guanidine groups is 1. The average Bonchev–Trinajstić information content (AvgIpc) is 3.27. The zero-order chi connectivity index (χ0) is 16.8. The van der Waals surface area contributed by atoms with Crippen molar-refractivity contribution >= 4 is 35.8 Å². The number of likely N-dealkylation sites (tertiary alicyclic amines) is 1. The zero-order valence-electron chi connectivity index (χ0n) is 15.5. The molecule has 1 amide bonds. The fraction of sp³-hybridized carbons (Fsp3) is 0.882. The zero-order valence-corrected chi connectivity index (χ0v) is 17.8. The smallest absolute Gasteiger partial charge is 0.222 e. The molecule has 2 aliphatic rings. The van der Waals surface area contributed by atoms with Crippen LogP contribution in [0.25, 0.3) is 0 Å². The third kappa shape index (κ3) is 6.74. The van der Waals surface area contributed by atoms with E-state index in [0.29, 0.717) is 25.2 Å². The Labute approximate surface area is 163 Å². The number of halogens is 1. The fourth-order valence-electron chi connectivity index (χ4n) is 3.14. The van der Waals surface area contributed by atoms with E-state index in [1.54, 1.807) is 0 Å². The van der Waals surface area contributed by atoms with E-state index in [2.05, 4.69) is 39.7 Å². The molecule has 2 atom stereocenters. The van der Waals surface area contributed by atoms with Gasteiger partial charge in [0, 0.05) is 43.7 Å². The highest BCUT2D eigenvalue weighted by Gasteiger charge is 2.38. The molecule has 0 bridgehead atoms. The van der Waals surface area contributed by atoms with E-state index < -0.39 is 0 Å². The lowest BCUT2D eigenvalue weighted by molar-refractivity contribution is -0.123. The van der Waals surface area contributed by atoms with Crippen molar-refractivity contribution in [3.8, 4) is 0 Å². The molecule has 1 aliphatic carbocycles. The van der Waals surface area contributed by atoms with E-state index in [0.717, 1.165) is 25.1 Å². The van der Waals surface area contributed by atoms with Crippen LogP contribution < -0.4 is 16.0 Å². The molecule has 7 heteroatoms. The number of hydrogen-bond acceptors (Lipinski definition) is 3. The fourth-order valence-corrected chi connectivity index (χ4v) is 3.14. The topological polar surface area (TPSA) is 68.8 Å². The molecule has 1 saturated heterocycles. The van der Waals surface area contributed by atoms with Crippen LogP contribution >= 0.6 is 24.0 Å².